The van der Waals surface area contributed by atoms with Gasteiger partial charge < -0.3 is 14.7 Å². The Bertz CT molecular complexity index is 550. The monoisotopic (exact) mass is 319 g/mol. The van der Waals surface area contributed by atoms with Crippen LogP contribution in [0.4, 0.5) is 4.79 Å². The number of benzene rings is 1. The van der Waals surface area contributed by atoms with E-state index in [0.29, 0.717) is 18.4 Å². The number of carbonyl (C=O) groups is 2. The Kier molecular flexibility index (Phi) is 5.42. The summed E-state index contributed by atoms with van der Waals surface area (Å²) in [6.45, 7) is 5.61. The van der Waals surface area contributed by atoms with E-state index in [1.54, 1.807) is 32.9 Å². The number of amides is 1. The van der Waals surface area contributed by atoms with Crippen molar-refractivity contribution >= 4 is 11.9 Å². The summed E-state index contributed by atoms with van der Waals surface area (Å²) in [5.74, 6) is 0.000508. The van der Waals surface area contributed by atoms with E-state index in [4.69, 9.17) is 4.74 Å². The lowest BCUT2D eigenvalue weighted by molar-refractivity contribution is -0.0131. The number of carbonyl (C=O) groups excluding carboxylic acids is 2. The predicted molar refractivity (Wildman–Crippen MR) is 87.4 cm³/mol. The summed E-state index contributed by atoms with van der Waals surface area (Å²) in [4.78, 5) is 26.3. The van der Waals surface area contributed by atoms with Crippen molar-refractivity contribution in [3.8, 4) is 0 Å². The van der Waals surface area contributed by atoms with Gasteiger partial charge in [0.15, 0.2) is 5.78 Å². The molecule has 1 fully saturated rings. The first-order chi connectivity index (χ1) is 10.8. The van der Waals surface area contributed by atoms with Crippen molar-refractivity contribution in [2.75, 3.05) is 6.54 Å². The van der Waals surface area contributed by atoms with E-state index in [0.717, 1.165) is 0 Å². The standard InChI is InChI=1S/C18H25NO4/c1-18(2,3)23-17(22)19-12-15(20)10-9-14(19)11-16(21)13-7-5-4-6-8-13/h4-8,14-15,20H,9-12H2,1-3H3/t14-,15-/m1/s1. The van der Waals surface area contributed by atoms with Crippen molar-refractivity contribution < 1.29 is 19.4 Å². The number of ketones is 1. The van der Waals surface area contributed by atoms with E-state index >= 15 is 0 Å². The van der Waals surface area contributed by atoms with Crippen LogP contribution in [-0.4, -0.2) is 46.2 Å². The molecular formula is C18H25NO4. The normalized spacial score (nSPS) is 21.8. The van der Waals surface area contributed by atoms with E-state index < -0.39 is 17.8 Å². The molecule has 1 aromatic rings. The highest BCUT2D eigenvalue weighted by molar-refractivity contribution is 5.96. The Labute approximate surface area is 137 Å². The van der Waals surface area contributed by atoms with Crippen LogP contribution in [0.5, 0.6) is 0 Å². The number of aliphatic hydroxyl groups is 1. The lowest BCUT2D eigenvalue weighted by Crippen LogP contribution is -2.51. The van der Waals surface area contributed by atoms with E-state index in [2.05, 4.69) is 0 Å². The number of hydrogen-bond donors (Lipinski definition) is 1. The smallest absolute Gasteiger partial charge is 0.410 e. The summed E-state index contributed by atoms with van der Waals surface area (Å²) >= 11 is 0. The molecule has 23 heavy (non-hydrogen) atoms. The molecule has 0 saturated carbocycles. The molecule has 0 aromatic heterocycles. The van der Waals surface area contributed by atoms with Crippen LogP contribution >= 0.6 is 0 Å². The Hall–Kier alpha value is -1.88. The largest absolute Gasteiger partial charge is 0.444 e. The highest BCUT2D eigenvalue weighted by atomic mass is 16.6. The summed E-state index contributed by atoms with van der Waals surface area (Å²) in [5, 5.41) is 9.86. The molecule has 0 bridgehead atoms. The van der Waals surface area contributed by atoms with Crippen LogP contribution in [0.1, 0.15) is 50.4 Å². The fourth-order valence-electron chi connectivity index (χ4n) is 2.72. The van der Waals surface area contributed by atoms with Gasteiger partial charge in [0.2, 0.25) is 0 Å². The third kappa shape index (κ3) is 5.06. The zero-order chi connectivity index (χ0) is 17.0. The van der Waals surface area contributed by atoms with Crippen LogP contribution in [0.25, 0.3) is 0 Å². The average molecular weight is 319 g/mol. The summed E-state index contributed by atoms with van der Waals surface area (Å²) in [6, 6.07) is 8.82. The van der Waals surface area contributed by atoms with Crippen molar-refractivity contribution in [2.24, 2.45) is 0 Å². The average Bonchev–Trinajstić information content (AvgIpc) is 2.48. The van der Waals surface area contributed by atoms with Gasteiger partial charge in [-0.1, -0.05) is 30.3 Å². The molecule has 1 aliphatic heterocycles. The van der Waals surface area contributed by atoms with Crippen LogP contribution in [0.3, 0.4) is 0 Å². The first-order valence-corrected chi connectivity index (χ1v) is 8.02. The van der Waals surface area contributed by atoms with Crippen molar-refractivity contribution in [2.45, 2.75) is 57.8 Å². The Morgan fingerprint density at radius 3 is 2.48 bits per heavy atom. The maximum Gasteiger partial charge on any atom is 0.410 e. The molecule has 0 spiro atoms. The van der Waals surface area contributed by atoms with Crippen molar-refractivity contribution in [1.82, 2.24) is 4.90 Å². The molecule has 1 heterocycles. The maximum absolute atomic E-state index is 12.4. The molecule has 1 N–H and O–H groups in total. The minimum absolute atomic E-state index is 0.000508. The number of Topliss-reactive ketones (excluding diaryl/α,β-unsaturated/α-hetero) is 1. The molecule has 5 heteroatoms. The van der Waals surface area contributed by atoms with E-state index in [-0.39, 0.29) is 24.8 Å². The maximum atomic E-state index is 12.4. The molecule has 5 nitrogen and oxygen atoms in total. The molecule has 1 amide bonds. The van der Waals surface area contributed by atoms with Gasteiger partial charge in [-0.25, -0.2) is 4.79 Å². The van der Waals surface area contributed by atoms with Gasteiger partial charge in [-0.2, -0.15) is 0 Å². The number of aliphatic hydroxyl groups excluding tert-OH is 1. The highest BCUT2D eigenvalue weighted by Gasteiger charge is 2.34. The number of piperidine rings is 1. The highest BCUT2D eigenvalue weighted by Crippen LogP contribution is 2.24. The molecule has 1 saturated heterocycles. The second kappa shape index (κ2) is 7.13. The van der Waals surface area contributed by atoms with Gasteiger partial charge in [-0.3, -0.25) is 4.79 Å². The molecular weight excluding hydrogens is 294 g/mol. The summed E-state index contributed by atoms with van der Waals surface area (Å²) < 4.78 is 5.41. The van der Waals surface area contributed by atoms with Crippen LogP contribution < -0.4 is 0 Å². The quantitative estimate of drug-likeness (QED) is 0.870. The molecule has 1 aromatic carbocycles. The van der Waals surface area contributed by atoms with Gasteiger partial charge in [0.1, 0.15) is 5.60 Å². The second-order valence-electron chi connectivity index (χ2n) is 7.01. The lowest BCUT2D eigenvalue weighted by atomic mass is 9.94. The number of likely N-dealkylation sites (tertiary alicyclic amines) is 1. The van der Waals surface area contributed by atoms with Gasteiger partial charge in [-0.05, 0) is 33.6 Å². The fraction of sp³-hybridized carbons (Fsp3) is 0.556. The van der Waals surface area contributed by atoms with Crippen LogP contribution in [0.2, 0.25) is 0 Å². The van der Waals surface area contributed by atoms with Gasteiger partial charge >= 0.3 is 6.09 Å². The van der Waals surface area contributed by atoms with Crippen LogP contribution in [-0.2, 0) is 4.74 Å². The van der Waals surface area contributed by atoms with Gasteiger partial charge in [-0.15, -0.1) is 0 Å². The number of hydrogen-bond acceptors (Lipinski definition) is 4. The Morgan fingerprint density at radius 1 is 1.22 bits per heavy atom. The van der Waals surface area contributed by atoms with Crippen LogP contribution in [0.15, 0.2) is 30.3 Å². The molecule has 0 radical (unpaired) electrons. The molecule has 1 aliphatic rings. The zero-order valence-electron chi connectivity index (χ0n) is 14.0. The second-order valence-corrected chi connectivity index (χ2v) is 7.01. The summed E-state index contributed by atoms with van der Waals surface area (Å²) in [6.07, 6.45) is 0.397. The number of nitrogens with zero attached hydrogens (tertiary/aromatic N) is 1. The van der Waals surface area contributed by atoms with Crippen molar-refractivity contribution in [3.63, 3.8) is 0 Å². The van der Waals surface area contributed by atoms with Crippen LogP contribution in [0, 0.1) is 0 Å². The van der Waals surface area contributed by atoms with E-state index in [1.807, 2.05) is 18.2 Å². The SMILES string of the molecule is CC(C)(C)OC(=O)N1C[C@H](O)CC[C@@H]1CC(=O)c1ccccc1. The van der Waals surface area contributed by atoms with Gasteiger partial charge in [0.05, 0.1) is 12.6 Å². The Morgan fingerprint density at radius 2 is 1.87 bits per heavy atom. The summed E-state index contributed by atoms with van der Waals surface area (Å²) in [5.41, 5.74) is 0.0377. The first kappa shape index (κ1) is 17.5. The fourth-order valence-corrected chi connectivity index (χ4v) is 2.72. The number of ether oxygens (including phenoxy) is 1. The Balaban J connectivity index is 2.08. The first-order valence-electron chi connectivity index (χ1n) is 8.02. The third-order valence-electron chi connectivity index (χ3n) is 3.83. The summed E-state index contributed by atoms with van der Waals surface area (Å²) in [7, 11) is 0. The molecule has 0 unspecified atom stereocenters. The van der Waals surface area contributed by atoms with Gasteiger partial charge in [0, 0.05) is 18.0 Å². The van der Waals surface area contributed by atoms with Gasteiger partial charge in [0.25, 0.3) is 0 Å². The van der Waals surface area contributed by atoms with Crippen molar-refractivity contribution in [3.05, 3.63) is 35.9 Å². The lowest BCUT2D eigenvalue weighted by Gasteiger charge is -2.38. The minimum Gasteiger partial charge on any atom is -0.444 e. The topological polar surface area (TPSA) is 66.8 Å². The van der Waals surface area contributed by atoms with E-state index in [9.17, 15) is 14.7 Å². The number of rotatable bonds is 3. The predicted octanol–water partition coefficient (Wildman–Crippen LogP) is 3.02. The molecule has 2 rings (SSSR count). The molecule has 2 atom stereocenters. The molecule has 126 valence electrons. The number of β-amino-alcohol motifs (C(OH)–C–C–N with tert-alkyl or cyclic N) is 1. The van der Waals surface area contributed by atoms with E-state index in [1.165, 1.54) is 4.90 Å². The molecule has 0 aliphatic carbocycles. The van der Waals surface area contributed by atoms with Crippen molar-refractivity contribution in [1.29, 1.82) is 0 Å². The third-order valence-corrected chi connectivity index (χ3v) is 3.83. The zero-order valence-corrected chi connectivity index (χ0v) is 14.0. The minimum atomic E-state index is -0.604.